The van der Waals surface area contributed by atoms with Gasteiger partial charge in [-0.05, 0) is 48.2 Å². The van der Waals surface area contributed by atoms with E-state index in [2.05, 4.69) is 19.2 Å². The van der Waals surface area contributed by atoms with E-state index in [0.29, 0.717) is 35.3 Å². The van der Waals surface area contributed by atoms with Crippen molar-refractivity contribution in [1.29, 1.82) is 0 Å². The molecule has 0 fully saturated rings. The number of ketones is 1. The first kappa shape index (κ1) is 21.2. The Kier molecular flexibility index (Phi) is 7.81. The van der Waals surface area contributed by atoms with E-state index in [1.807, 2.05) is 18.2 Å². The lowest BCUT2D eigenvalue weighted by atomic mass is 10.1. The summed E-state index contributed by atoms with van der Waals surface area (Å²) in [7, 11) is 1.59. The Hall–Kier alpha value is -3.08. The summed E-state index contributed by atoms with van der Waals surface area (Å²) < 4.78 is 11.2. The Balaban J connectivity index is 2.08. The summed E-state index contributed by atoms with van der Waals surface area (Å²) in [6, 6.07) is 12.4. The molecular weight excluding hydrogens is 354 g/mol. The van der Waals surface area contributed by atoms with Crippen LogP contribution in [0.5, 0.6) is 11.5 Å². The van der Waals surface area contributed by atoms with Gasteiger partial charge in [0.25, 0.3) is 0 Å². The zero-order valence-electron chi connectivity index (χ0n) is 16.8. The molecule has 0 aliphatic heterocycles. The maximum Gasteiger partial charge on any atom is 0.221 e. The van der Waals surface area contributed by atoms with Gasteiger partial charge in [0.15, 0.2) is 17.3 Å². The Labute approximate surface area is 166 Å². The number of carbonyl (C=O) groups excluding carboxylic acids is 2. The molecule has 1 N–H and O–H groups in total. The fraction of sp³-hybridized carbons (Fsp3) is 0.304. The number of rotatable bonds is 9. The van der Waals surface area contributed by atoms with Gasteiger partial charge in [0, 0.05) is 18.2 Å². The summed E-state index contributed by atoms with van der Waals surface area (Å²) in [4.78, 5) is 23.6. The minimum atomic E-state index is -0.178. The number of amides is 1. The van der Waals surface area contributed by atoms with Crippen LogP contribution in [-0.2, 0) is 4.79 Å². The normalized spacial score (nSPS) is 10.9. The van der Waals surface area contributed by atoms with Gasteiger partial charge in [-0.25, -0.2) is 0 Å². The van der Waals surface area contributed by atoms with Crippen LogP contribution in [0.4, 0.5) is 5.69 Å². The predicted octanol–water partition coefficient (Wildman–Crippen LogP) is 4.97. The first-order valence-electron chi connectivity index (χ1n) is 9.30. The number of hydrogen-bond acceptors (Lipinski definition) is 4. The maximum absolute atomic E-state index is 12.4. The minimum Gasteiger partial charge on any atom is -0.493 e. The van der Waals surface area contributed by atoms with Crippen molar-refractivity contribution in [1.82, 2.24) is 0 Å². The van der Waals surface area contributed by atoms with E-state index in [0.717, 1.165) is 12.0 Å². The van der Waals surface area contributed by atoms with E-state index in [1.165, 1.54) is 13.0 Å². The zero-order valence-corrected chi connectivity index (χ0v) is 16.8. The number of ether oxygens (including phenoxy) is 2. The van der Waals surface area contributed by atoms with Crippen molar-refractivity contribution in [3.8, 4) is 11.5 Å². The highest BCUT2D eigenvalue weighted by atomic mass is 16.5. The highest BCUT2D eigenvalue weighted by molar-refractivity contribution is 6.07. The second-order valence-corrected chi connectivity index (χ2v) is 6.90. The summed E-state index contributed by atoms with van der Waals surface area (Å²) >= 11 is 0. The fourth-order valence-corrected chi connectivity index (χ4v) is 2.53. The molecule has 0 spiro atoms. The molecule has 1 amide bonds. The lowest BCUT2D eigenvalue weighted by molar-refractivity contribution is -0.114. The van der Waals surface area contributed by atoms with Crippen molar-refractivity contribution >= 4 is 23.5 Å². The van der Waals surface area contributed by atoms with Crippen molar-refractivity contribution in [2.75, 3.05) is 19.0 Å². The largest absolute Gasteiger partial charge is 0.493 e. The molecule has 0 aliphatic rings. The molecule has 0 heterocycles. The fourth-order valence-electron chi connectivity index (χ4n) is 2.53. The Morgan fingerprint density at radius 1 is 1.11 bits per heavy atom. The average molecular weight is 381 g/mol. The Morgan fingerprint density at radius 2 is 1.89 bits per heavy atom. The number of carbonyl (C=O) groups is 2. The number of benzene rings is 2. The van der Waals surface area contributed by atoms with E-state index in [4.69, 9.17) is 9.47 Å². The Morgan fingerprint density at radius 3 is 2.57 bits per heavy atom. The highest BCUT2D eigenvalue weighted by Gasteiger charge is 2.07. The van der Waals surface area contributed by atoms with Crippen molar-refractivity contribution in [2.45, 2.75) is 27.2 Å². The van der Waals surface area contributed by atoms with Crippen LogP contribution in [0, 0.1) is 5.92 Å². The van der Waals surface area contributed by atoms with Gasteiger partial charge >= 0.3 is 0 Å². The van der Waals surface area contributed by atoms with Crippen molar-refractivity contribution in [3.05, 3.63) is 59.7 Å². The van der Waals surface area contributed by atoms with Crippen molar-refractivity contribution in [3.63, 3.8) is 0 Å². The van der Waals surface area contributed by atoms with Crippen molar-refractivity contribution < 1.29 is 19.1 Å². The minimum absolute atomic E-state index is 0.150. The summed E-state index contributed by atoms with van der Waals surface area (Å²) in [6.45, 7) is 6.36. The molecule has 148 valence electrons. The van der Waals surface area contributed by atoms with Crippen LogP contribution in [-0.4, -0.2) is 25.4 Å². The van der Waals surface area contributed by atoms with Gasteiger partial charge in [-0.15, -0.1) is 0 Å². The number of methoxy groups -OCH3 is 1. The molecule has 0 saturated carbocycles. The van der Waals surface area contributed by atoms with Gasteiger partial charge in [0.1, 0.15) is 0 Å². The van der Waals surface area contributed by atoms with Gasteiger partial charge in [-0.3, -0.25) is 9.59 Å². The number of anilines is 1. The van der Waals surface area contributed by atoms with E-state index in [1.54, 1.807) is 37.5 Å². The molecule has 0 unspecified atom stereocenters. The molecule has 5 heteroatoms. The topological polar surface area (TPSA) is 64.6 Å². The van der Waals surface area contributed by atoms with Crippen LogP contribution in [0.3, 0.4) is 0 Å². The van der Waals surface area contributed by atoms with Crippen LogP contribution >= 0.6 is 0 Å². The molecule has 0 aromatic heterocycles. The van der Waals surface area contributed by atoms with Crippen LogP contribution in [0.15, 0.2) is 48.5 Å². The van der Waals surface area contributed by atoms with Gasteiger partial charge in [0.2, 0.25) is 5.91 Å². The van der Waals surface area contributed by atoms with Crippen molar-refractivity contribution in [2.24, 2.45) is 5.92 Å². The first-order chi connectivity index (χ1) is 13.4. The molecular formula is C23H27NO4. The van der Waals surface area contributed by atoms with E-state index in [-0.39, 0.29) is 11.7 Å². The second kappa shape index (κ2) is 10.3. The SMILES string of the molecule is COc1cc(/C=C/C(=O)c2cccc(NC(C)=O)c2)ccc1OCCC(C)C. The molecule has 5 nitrogen and oxygen atoms in total. The highest BCUT2D eigenvalue weighted by Crippen LogP contribution is 2.29. The van der Waals surface area contributed by atoms with E-state index >= 15 is 0 Å². The summed E-state index contributed by atoms with van der Waals surface area (Å²) in [5.74, 6) is 1.57. The molecule has 0 radical (unpaired) electrons. The molecule has 2 aromatic rings. The number of hydrogen-bond donors (Lipinski definition) is 1. The quantitative estimate of drug-likeness (QED) is 0.492. The predicted molar refractivity (Wildman–Crippen MR) is 112 cm³/mol. The van der Waals surface area contributed by atoms with Crippen LogP contribution in [0.2, 0.25) is 0 Å². The molecule has 28 heavy (non-hydrogen) atoms. The molecule has 2 aromatic carbocycles. The average Bonchev–Trinajstić information content (AvgIpc) is 2.66. The smallest absolute Gasteiger partial charge is 0.221 e. The molecule has 2 rings (SSSR count). The molecule has 0 saturated heterocycles. The maximum atomic E-state index is 12.4. The number of nitrogens with one attached hydrogen (secondary N) is 1. The van der Waals surface area contributed by atoms with Crippen LogP contribution < -0.4 is 14.8 Å². The van der Waals surface area contributed by atoms with Crippen LogP contribution in [0.1, 0.15) is 43.1 Å². The van der Waals surface area contributed by atoms with Gasteiger partial charge in [-0.2, -0.15) is 0 Å². The zero-order chi connectivity index (χ0) is 20.5. The summed E-state index contributed by atoms with van der Waals surface area (Å²) in [6.07, 6.45) is 4.20. The lowest BCUT2D eigenvalue weighted by Gasteiger charge is -2.12. The Bertz CT molecular complexity index is 855. The molecule has 0 aliphatic carbocycles. The van der Waals surface area contributed by atoms with Gasteiger partial charge in [0.05, 0.1) is 13.7 Å². The molecule has 0 bridgehead atoms. The standard InChI is InChI=1S/C23H27NO4/c1-16(2)12-13-28-22-11-9-18(14-23(22)27-4)8-10-21(26)19-6-5-7-20(15-19)24-17(3)25/h5-11,14-16H,12-13H2,1-4H3,(H,24,25)/b10-8+. The van der Waals surface area contributed by atoms with Crippen LogP contribution in [0.25, 0.3) is 6.08 Å². The number of allylic oxidation sites excluding steroid dienone is 1. The summed E-state index contributed by atoms with van der Waals surface area (Å²) in [5, 5.41) is 2.67. The third-order valence-electron chi connectivity index (χ3n) is 4.04. The summed E-state index contributed by atoms with van der Waals surface area (Å²) in [5.41, 5.74) is 1.93. The molecule has 0 atom stereocenters. The van der Waals surface area contributed by atoms with Gasteiger partial charge < -0.3 is 14.8 Å². The first-order valence-corrected chi connectivity index (χ1v) is 9.30. The third-order valence-corrected chi connectivity index (χ3v) is 4.04. The van der Waals surface area contributed by atoms with E-state index in [9.17, 15) is 9.59 Å². The monoisotopic (exact) mass is 381 g/mol. The third kappa shape index (κ3) is 6.58. The van der Waals surface area contributed by atoms with Gasteiger partial charge in [-0.1, -0.05) is 38.1 Å². The second-order valence-electron chi connectivity index (χ2n) is 6.90. The lowest BCUT2D eigenvalue weighted by Crippen LogP contribution is -2.06. The van der Waals surface area contributed by atoms with E-state index < -0.39 is 0 Å².